The molecule has 4 amide bonds. The average molecular weight is 841 g/mol. The first-order chi connectivity index (χ1) is 28.3. The maximum absolute atomic E-state index is 14.2. The van der Waals surface area contributed by atoms with Gasteiger partial charge < -0.3 is 35.2 Å². The molecule has 3 saturated heterocycles. The number of benzene rings is 2. The van der Waals surface area contributed by atoms with Crippen molar-refractivity contribution >= 4 is 47.0 Å². The molecule has 1 atom stereocenters. The van der Waals surface area contributed by atoms with Gasteiger partial charge >= 0.3 is 24.3 Å². The van der Waals surface area contributed by atoms with E-state index in [1.807, 2.05) is 24.3 Å². The van der Waals surface area contributed by atoms with Crippen LogP contribution in [0.2, 0.25) is 5.02 Å². The van der Waals surface area contributed by atoms with Crippen molar-refractivity contribution in [2.24, 2.45) is 0 Å². The van der Waals surface area contributed by atoms with Crippen molar-refractivity contribution in [1.82, 2.24) is 29.5 Å². The zero-order valence-corrected chi connectivity index (χ0v) is 33.3. The SMILES string of the molecule is Nc1c(Cl)cc(C[C@@H](OC(=O)N2CCC(N3CCc4ccccc4NC3=O)CC2)C(=O)N2CCN(C3CCN(CC(=O)Oc4cccnc4)CC3)CC2)cc1C(F)(F)F. The summed E-state index contributed by atoms with van der Waals surface area (Å²) in [5.41, 5.74) is 5.79. The summed E-state index contributed by atoms with van der Waals surface area (Å²) in [6, 6.07) is 13.0. The highest BCUT2D eigenvalue weighted by Crippen LogP contribution is 2.38. The summed E-state index contributed by atoms with van der Waals surface area (Å²) in [4.78, 5) is 66.6. The van der Waals surface area contributed by atoms with Gasteiger partial charge in [-0.25, -0.2) is 9.59 Å². The van der Waals surface area contributed by atoms with E-state index in [1.165, 1.54) is 17.2 Å². The first-order valence-corrected chi connectivity index (χ1v) is 20.3. The monoisotopic (exact) mass is 840 g/mol. The molecule has 7 rings (SSSR count). The molecule has 0 saturated carbocycles. The number of aromatic nitrogens is 1. The lowest BCUT2D eigenvalue weighted by Crippen LogP contribution is -2.57. The standard InChI is InChI=1S/C41H48ClF3N8O6/c42-33-23-27(22-32(37(33)46)41(43,44)45)24-35(59-40(57)52-15-10-30(11-16-52)53-17-7-28-4-1-2-6-34(28)48-39(53)56)38(55)51-20-18-50(19-21-51)29-8-13-49(14-9-29)26-36(54)58-31-5-3-12-47-25-31/h1-6,12,22-23,25,29-30,35H,7-11,13-21,24,26,46H2,(H,48,56)/t35-/m1/s1. The first kappa shape index (κ1) is 42.0. The van der Waals surface area contributed by atoms with Gasteiger partial charge in [0.2, 0.25) is 0 Å². The van der Waals surface area contributed by atoms with Crippen LogP contribution in [0.3, 0.4) is 0 Å². The minimum Gasteiger partial charge on any atom is -0.436 e. The maximum atomic E-state index is 14.2. The molecule has 4 aliphatic heterocycles. The van der Waals surface area contributed by atoms with Gasteiger partial charge in [-0.2, -0.15) is 13.2 Å². The number of fused-ring (bicyclic) bond motifs is 1. The Balaban J connectivity index is 0.957. The van der Waals surface area contributed by atoms with Gasteiger partial charge in [0.05, 0.1) is 29.0 Å². The number of halogens is 4. The van der Waals surface area contributed by atoms with Gasteiger partial charge in [-0.1, -0.05) is 29.8 Å². The number of pyridine rings is 1. The summed E-state index contributed by atoms with van der Waals surface area (Å²) < 4.78 is 53.0. The van der Waals surface area contributed by atoms with Gasteiger partial charge in [0, 0.05) is 89.3 Å². The number of para-hydroxylation sites is 1. The summed E-state index contributed by atoms with van der Waals surface area (Å²) in [6.45, 7) is 4.36. The van der Waals surface area contributed by atoms with Gasteiger partial charge in [-0.05, 0) is 73.6 Å². The van der Waals surface area contributed by atoms with Crippen LogP contribution in [0.25, 0.3) is 0 Å². The quantitative estimate of drug-likeness (QED) is 0.219. The number of piperidine rings is 2. The number of anilines is 2. The Morgan fingerprint density at radius 3 is 2.31 bits per heavy atom. The van der Waals surface area contributed by atoms with Crippen LogP contribution in [-0.4, -0.2) is 137 Å². The van der Waals surface area contributed by atoms with E-state index in [2.05, 4.69) is 20.1 Å². The number of hydrogen-bond acceptors (Lipinski definition) is 10. The summed E-state index contributed by atoms with van der Waals surface area (Å²) in [5, 5.41) is 2.66. The highest BCUT2D eigenvalue weighted by Gasteiger charge is 2.38. The van der Waals surface area contributed by atoms with Gasteiger partial charge in [0.25, 0.3) is 5.91 Å². The van der Waals surface area contributed by atoms with Crippen LogP contribution >= 0.6 is 11.6 Å². The molecule has 14 nitrogen and oxygen atoms in total. The highest BCUT2D eigenvalue weighted by molar-refractivity contribution is 6.33. The topological polar surface area (TPSA) is 154 Å². The average Bonchev–Trinajstić information content (AvgIpc) is 3.39. The lowest BCUT2D eigenvalue weighted by Gasteiger charge is -2.43. The summed E-state index contributed by atoms with van der Waals surface area (Å²) >= 11 is 6.14. The number of rotatable bonds is 9. The molecule has 0 unspecified atom stereocenters. The van der Waals surface area contributed by atoms with Crippen LogP contribution in [0.5, 0.6) is 5.75 Å². The second-order valence-corrected chi connectivity index (χ2v) is 15.8. The van der Waals surface area contributed by atoms with Crippen molar-refractivity contribution in [2.45, 2.75) is 62.9 Å². The summed E-state index contributed by atoms with van der Waals surface area (Å²) in [7, 11) is 0. The number of nitrogens with zero attached hydrogens (tertiary/aromatic N) is 6. The number of carbonyl (C=O) groups excluding carboxylic acids is 4. The van der Waals surface area contributed by atoms with E-state index in [9.17, 15) is 32.3 Å². The molecule has 0 spiro atoms. The third-order valence-electron chi connectivity index (χ3n) is 11.7. The van der Waals surface area contributed by atoms with E-state index < -0.39 is 35.5 Å². The molecule has 0 aliphatic carbocycles. The lowest BCUT2D eigenvalue weighted by atomic mass is 10.0. The van der Waals surface area contributed by atoms with E-state index in [0.29, 0.717) is 70.8 Å². The maximum Gasteiger partial charge on any atom is 0.418 e. The summed E-state index contributed by atoms with van der Waals surface area (Å²) in [6.07, 6.45) is -0.961. The number of alkyl halides is 3. The number of amides is 4. The van der Waals surface area contributed by atoms with Crippen LogP contribution in [0, 0.1) is 0 Å². The number of likely N-dealkylation sites (tertiary alicyclic amines) is 2. The van der Waals surface area contributed by atoms with E-state index in [1.54, 1.807) is 28.1 Å². The van der Waals surface area contributed by atoms with Crippen molar-refractivity contribution < 1.29 is 41.8 Å². The van der Waals surface area contributed by atoms with Crippen molar-refractivity contribution in [3.05, 3.63) is 82.6 Å². The number of piperazine rings is 1. The van der Waals surface area contributed by atoms with Gasteiger partial charge in [-0.3, -0.25) is 24.4 Å². The molecule has 2 aromatic carbocycles. The molecule has 1 aromatic heterocycles. The van der Waals surface area contributed by atoms with E-state index in [-0.39, 0.29) is 60.7 Å². The van der Waals surface area contributed by atoms with Gasteiger partial charge in [-0.15, -0.1) is 0 Å². The predicted octanol–water partition coefficient (Wildman–Crippen LogP) is 5.15. The van der Waals surface area contributed by atoms with Crippen LogP contribution < -0.4 is 15.8 Å². The third kappa shape index (κ3) is 10.4. The molecule has 316 valence electrons. The number of esters is 1. The smallest absolute Gasteiger partial charge is 0.418 e. The molecule has 3 fully saturated rings. The molecule has 3 N–H and O–H groups in total. The second-order valence-electron chi connectivity index (χ2n) is 15.4. The van der Waals surface area contributed by atoms with Gasteiger partial charge in [0.15, 0.2) is 6.10 Å². The molecule has 4 aliphatic rings. The van der Waals surface area contributed by atoms with E-state index in [0.717, 1.165) is 30.2 Å². The third-order valence-corrected chi connectivity index (χ3v) is 12.0. The Hall–Kier alpha value is -5.13. The van der Waals surface area contributed by atoms with Crippen molar-refractivity contribution in [3.8, 4) is 5.75 Å². The number of carbonyl (C=O) groups is 4. The number of nitrogens with two attached hydrogens (primary N) is 1. The lowest BCUT2D eigenvalue weighted by molar-refractivity contribution is -0.143. The zero-order chi connectivity index (χ0) is 41.7. The molecule has 18 heteroatoms. The Morgan fingerprint density at radius 1 is 0.898 bits per heavy atom. The molecular formula is C41H48ClF3N8O6. The molecule has 59 heavy (non-hydrogen) atoms. The molecule has 5 heterocycles. The fourth-order valence-electron chi connectivity index (χ4n) is 8.42. The van der Waals surface area contributed by atoms with Crippen LogP contribution in [-0.2, 0) is 33.3 Å². The number of urea groups is 1. The van der Waals surface area contributed by atoms with Crippen molar-refractivity contribution in [2.75, 3.05) is 76.5 Å². The van der Waals surface area contributed by atoms with Crippen LogP contribution in [0.15, 0.2) is 60.9 Å². The van der Waals surface area contributed by atoms with E-state index >= 15 is 0 Å². The second kappa shape index (κ2) is 18.4. The summed E-state index contributed by atoms with van der Waals surface area (Å²) in [5.74, 6) is -0.475. The van der Waals surface area contributed by atoms with Crippen molar-refractivity contribution in [3.63, 3.8) is 0 Å². The molecule has 0 radical (unpaired) electrons. The largest absolute Gasteiger partial charge is 0.436 e. The Labute approximate surface area is 345 Å². The number of nitrogen functional groups attached to an aromatic ring is 1. The Bertz CT molecular complexity index is 1990. The number of hydrogen-bond donors (Lipinski definition) is 2. The normalized spacial score (nSPS) is 19.4. The first-order valence-electron chi connectivity index (χ1n) is 19.9. The molecule has 0 bridgehead atoms. The van der Waals surface area contributed by atoms with Crippen LogP contribution in [0.4, 0.5) is 34.1 Å². The number of nitrogens with one attached hydrogen (secondary N) is 1. The van der Waals surface area contributed by atoms with Gasteiger partial charge in [0.1, 0.15) is 5.75 Å². The minimum atomic E-state index is -4.80. The van der Waals surface area contributed by atoms with Crippen LogP contribution in [0.1, 0.15) is 42.4 Å². The Morgan fingerprint density at radius 2 is 1.61 bits per heavy atom. The number of ether oxygens (including phenoxy) is 2. The Kier molecular flexibility index (Phi) is 13.1. The van der Waals surface area contributed by atoms with Crippen molar-refractivity contribution in [1.29, 1.82) is 0 Å². The molecular weight excluding hydrogens is 793 g/mol. The van der Waals surface area contributed by atoms with E-state index in [4.69, 9.17) is 26.8 Å². The minimum absolute atomic E-state index is 0.0456. The zero-order valence-electron chi connectivity index (χ0n) is 32.5. The predicted molar refractivity (Wildman–Crippen MR) is 213 cm³/mol. The molecule has 3 aromatic rings. The fourth-order valence-corrected chi connectivity index (χ4v) is 8.66. The fraction of sp³-hybridized carbons (Fsp3) is 0.488. The highest BCUT2D eigenvalue weighted by atomic mass is 35.5.